The quantitative estimate of drug-likeness (QED) is 0.665. The molecule has 1 heterocycles. The van der Waals surface area contributed by atoms with Crippen molar-refractivity contribution in [3.63, 3.8) is 0 Å². The third-order valence-electron chi connectivity index (χ3n) is 3.89. The minimum Gasteiger partial charge on any atom is -0.633 e. The van der Waals surface area contributed by atoms with Crippen molar-refractivity contribution in [3.05, 3.63) is 35.2 Å². The number of likely N-dealkylation sites (N-methyl/N-ethyl adjacent to an activating group) is 1. The molecule has 0 radical (unpaired) electrons. The highest BCUT2D eigenvalue weighted by Crippen LogP contribution is 2.24. The first kappa shape index (κ1) is 13.9. The Balaban J connectivity index is 2.21. The Kier molecular flexibility index (Phi) is 3.83. The Labute approximate surface area is 114 Å². The van der Waals surface area contributed by atoms with Gasteiger partial charge in [0, 0.05) is 23.5 Å². The van der Waals surface area contributed by atoms with Crippen molar-refractivity contribution in [2.75, 3.05) is 20.7 Å². The van der Waals surface area contributed by atoms with E-state index in [1.54, 1.807) is 14.2 Å². The van der Waals surface area contributed by atoms with Gasteiger partial charge in [0.1, 0.15) is 5.75 Å². The zero-order valence-electron chi connectivity index (χ0n) is 12.1. The zero-order chi connectivity index (χ0) is 14.0. The third-order valence-corrected chi connectivity index (χ3v) is 3.89. The van der Waals surface area contributed by atoms with Crippen LogP contribution in [0.3, 0.4) is 0 Å². The van der Waals surface area contributed by atoms with Gasteiger partial charge in [-0.1, -0.05) is 0 Å². The Morgan fingerprint density at radius 1 is 1.37 bits per heavy atom. The molecule has 2 rings (SSSR count). The number of quaternary nitrogens is 1. The van der Waals surface area contributed by atoms with Gasteiger partial charge in [-0.2, -0.15) is 0 Å². The SMILES string of the molecule is COc1ccc2[nH]cc(CC[N+](C)([O-])C(C)C)c2c1. The molecule has 0 fully saturated rings. The van der Waals surface area contributed by atoms with Crippen LogP contribution in [0.2, 0.25) is 0 Å². The molecule has 2 aromatic rings. The normalized spacial score (nSPS) is 14.8. The number of H-pyrrole nitrogens is 1. The molecule has 1 atom stereocenters. The van der Waals surface area contributed by atoms with Crippen LogP contribution in [0.5, 0.6) is 5.75 Å². The molecule has 4 nitrogen and oxygen atoms in total. The number of nitrogens with one attached hydrogen (secondary N) is 1. The van der Waals surface area contributed by atoms with Crippen LogP contribution in [0.4, 0.5) is 0 Å². The maximum Gasteiger partial charge on any atom is 0.119 e. The van der Waals surface area contributed by atoms with Crippen LogP contribution < -0.4 is 4.74 Å². The minimum absolute atomic E-state index is 0.0831. The molecule has 0 saturated carbocycles. The molecule has 1 unspecified atom stereocenters. The maximum atomic E-state index is 12.3. The molecule has 104 valence electrons. The first-order valence-corrected chi connectivity index (χ1v) is 6.64. The van der Waals surface area contributed by atoms with E-state index in [1.165, 1.54) is 5.56 Å². The van der Waals surface area contributed by atoms with Gasteiger partial charge in [0.15, 0.2) is 0 Å². The molecule has 19 heavy (non-hydrogen) atoms. The molecular formula is C15H22N2O2. The number of fused-ring (bicyclic) bond motifs is 1. The van der Waals surface area contributed by atoms with Gasteiger partial charge in [0.2, 0.25) is 0 Å². The summed E-state index contributed by atoms with van der Waals surface area (Å²) in [5.41, 5.74) is 2.26. The highest BCUT2D eigenvalue weighted by Gasteiger charge is 2.16. The van der Waals surface area contributed by atoms with Crippen molar-refractivity contribution in [2.45, 2.75) is 26.3 Å². The molecule has 0 aliphatic carbocycles. The first-order valence-electron chi connectivity index (χ1n) is 6.64. The van der Waals surface area contributed by atoms with E-state index < -0.39 is 0 Å². The largest absolute Gasteiger partial charge is 0.633 e. The topological polar surface area (TPSA) is 48.1 Å². The fourth-order valence-electron chi connectivity index (χ4n) is 2.09. The van der Waals surface area contributed by atoms with Crippen LogP contribution in [0.1, 0.15) is 19.4 Å². The van der Waals surface area contributed by atoms with Crippen LogP contribution >= 0.6 is 0 Å². The molecule has 0 bridgehead atoms. The van der Waals surface area contributed by atoms with E-state index in [-0.39, 0.29) is 10.7 Å². The number of hydroxylamine groups is 3. The van der Waals surface area contributed by atoms with Crippen LogP contribution in [0.15, 0.2) is 24.4 Å². The number of ether oxygens (including phenoxy) is 1. The Morgan fingerprint density at radius 3 is 2.74 bits per heavy atom. The van der Waals surface area contributed by atoms with Crippen molar-refractivity contribution < 1.29 is 9.38 Å². The number of benzene rings is 1. The molecule has 0 amide bonds. The van der Waals surface area contributed by atoms with Crippen LogP contribution in [-0.2, 0) is 6.42 Å². The van der Waals surface area contributed by atoms with E-state index in [1.807, 2.05) is 38.2 Å². The second-order valence-electron chi connectivity index (χ2n) is 5.47. The van der Waals surface area contributed by atoms with Crippen LogP contribution in [0, 0.1) is 5.21 Å². The van der Waals surface area contributed by atoms with Crippen molar-refractivity contribution in [3.8, 4) is 5.75 Å². The fraction of sp³-hybridized carbons (Fsp3) is 0.467. The second kappa shape index (κ2) is 5.23. The van der Waals surface area contributed by atoms with Gasteiger partial charge < -0.3 is 19.6 Å². The number of hydrogen-bond donors (Lipinski definition) is 1. The first-order chi connectivity index (χ1) is 8.94. The number of aromatic amines is 1. The highest BCUT2D eigenvalue weighted by molar-refractivity contribution is 5.84. The van der Waals surface area contributed by atoms with Gasteiger partial charge >= 0.3 is 0 Å². The smallest absolute Gasteiger partial charge is 0.119 e. The van der Waals surface area contributed by atoms with Gasteiger partial charge in [0.05, 0.1) is 26.7 Å². The number of rotatable bonds is 5. The molecule has 0 spiro atoms. The number of aromatic nitrogens is 1. The minimum atomic E-state index is -0.212. The predicted molar refractivity (Wildman–Crippen MR) is 78.1 cm³/mol. The van der Waals surface area contributed by atoms with E-state index in [9.17, 15) is 5.21 Å². The van der Waals surface area contributed by atoms with Gasteiger partial charge in [-0.3, -0.25) is 0 Å². The molecule has 1 N–H and O–H groups in total. The number of methoxy groups -OCH3 is 1. The average molecular weight is 262 g/mol. The van der Waals surface area contributed by atoms with E-state index in [0.717, 1.165) is 23.1 Å². The number of hydrogen-bond acceptors (Lipinski definition) is 2. The van der Waals surface area contributed by atoms with Crippen molar-refractivity contribution in [2.24, 2.45) is 0 Å². The lowest BCUT2D eigenvalue weighted by molar-refractivity contribution is -0.882. The van der Waals surface area contributed by atoms with E-state index in [0.29, 0.717) is 6.54 Å². The predicted octanol–water partition coefficient (Wildman–Crippen LogP) is 3.07. The van der Waals surface area contributed by atoms with E-state index in [2.05, 4.69) is 4.98 Å². The molecule has 0 aliphatic rings. The summed E-state index contributed by atoms with van der Waals surface area (Å²) < 4.78 is 5.04. The summed E-state index contributed by atoms with van der Waals surface area (Å²) in [5.74, 6) is 0.844. The third kappa shape index (κ3) is 2.91. The Morgan fingerprint density at radius 2 is 2.11 bits per heavy atom. The lowest BCUT2D eigenvalue weighted by Gasteiger charge is -2.42. The van der Waals surface area contributed by atoms with Gasteiger partial charge in [-0.25, -0.2) is 0 Å². The zero-order valence-corrected chi connectivity index (χ0v) is 12.1. The fourth-order valence-corrected chi connectivity index (χ4v) is 2.09. The van der Waals surface area contributed by atoms with Crippen LogP contribution in [-0.4, -0.2) is 36.4 Å². The van der Waals surface area contributed by atoms with E-state index in [4.69, 9.17) is 4.74 Å². The maximum absolute atomic E-state index is 12.3. The van der Waals surface area contributed by atoms with Gasteiger partial charge in [-0.15, -0.1) is 0 Å². The van der Waals surface area contributed by atoms with Crippen molar-refractivity contribution in [1.82, 2.24) is 4.98 Å². The summed E-state index contributed by atoms with van der Waals surface area (Å²) in [7, 11) is 3.40. The summed E-state index contributed by atoms with van der Waals surface area (Å²) in [4.78, 5) is 3.24. The van der Waals surface area contributed by atoms with Gasteiger partial charge in [-0.05, 0) is 37.6 Å². The lowest BCUT2D eigenvalue weighted by Crippen LogP contribution is -2.45. The Hall–Kier alpha value is -1.52. The second-order valence-corrected chi connectivity index (χ2v) is 5.47. The summed E-state index contributed by atoms with van der Waals surface area (Å²) in [6, 6.07) is 6.04. The molecule has 4 heteroatoms. The molecule has 1 aromatic heterocycles. The van der Waals surface area contributed by atoms with Crippen molar-refractivity contribution >= 4 is 10.9 Å². The van der Waals surface area contributed by atoms with Crippen molar-refractivity contribution in [1.29, 1.82) is 0 Å². The number of nitrogens with zero attached hydrogens (tertiary/aromatic N) is 1. The monoisotopic (exact) mass is 262 g/mol. The highest BCUT2D eigenvalue weighted by atomic mass is 16.5. The van der Waals surface area contributed by atoms with Gasteiger partial charge in [0.25, 0.3) is 0 Å². The molecule has 1 aromatic carbocycles. The van der Waals surface area contributed by atoms with E-state index >= 15 is 0 Å². The standard InChI is InChI=1S/C15H22N2O2/c1-11(2)17(3,18)8-7-12-10-16-15-6-5-13(19-4)9-14(12)15/h5-6,9-11,16H,7-8H2,1-4H3. The molecular weight excluding hydrogens is 240 g/mol. The molecule has 0 aliphatic heterocycles. The van der Waals surface area contributed by atoms with Crippen LogP contribution in [0.25, 0.3) is 10.9 Å². The molecule has 0 saturated heterocycles. The average Bonchev–Trinajstić information content (AvgIpc) is 2.78. The summed E-state index contributed by atoms with van der Waals surface area (Å²) in [5, 5.41) is 13.4. The summed E-state index contributed by atoms with van der Waals surface area (Å²) in [6.07, 6.45) is 2.76. The lowest BCUT2D eigenvalue weighted by atomic mass is 10.1. The summed E-state index contributed by atoms with van der Waals surface area (Å²) in [6.45, 7) is 4.51. The summed E-state index contributed by atoms with van der Waals surface area (Å²) >= 11 is 0. The Bertz CT molecular complexity index is 558.